The number of hydrogen-bond donors (Lipinski definition) is 1. The van der Waals surface area contributed by atoms with Gasteiger partial charge in [0.1, 0.15) is 0 Å². The van der Waals surface area contributed by atoms with Gasteiger partial charge in [-0.1, -0.05) is 18.9 Å². The first-order chi connectivity index (χ1) is 13.2. The first-order valence-corrected chi connectivity index (χ1v) is 10.0. The van der Waals surface area contributed by atoms with E-state index in [9.17, 15) is 9.90 Å². The lowest BCUT2D eigenvalue weighted by Gasteiger charge is -2.26. The minimum absolute atomic E-state index is 0.0532. The Labute approximate surface area is 162 Å². The van der Waals surface area contributed by atoms with Crippen LogP contribution in [0.1, 0.15) is 36.0 Å². The number of nitrogens with zero attached hydrogens (tertiary/aromatic N) is 2. The van der Waals surface area contributed by atoms with Gasteiger partial charge in [-0.25, -0.2) is 0 Å². The predicted octanol–water partition coefficient (Wildman–Crippen LogP) is 2.26. The summed E-state index contributed by atoms with van der Waals surface area (Å²) in [6, 6.07) is 5.38. The molecule has 0 aromatic heterocycles. The average molecular weight is 376 g/mol. The SMILES string of the molecule is COc1cccc(C(=O)N2C[C@@H](CN3CCCCCC3)[C@@H](CO)C2)c1OC. The Morgan fingerprint density at radius 2 is 1.78 bits per heavy atom. The van der Waals surface area contributed by atoms with E-state index in [1.165, 1.54) is 25.7 Å². The fourth-order valence-corrected chi connectivity index (χ4v) is 4.39. The van der Waals surface area contributed by atoms with Gasteiger partial charge in [0.2, 0.25) is 0 Å². The molecule has 0 unspecified atom stereocenters. The average Bonchev–Trinajstić information content (AvgIpc) is 2.93. The summed E-state index contributed by atoms with van der Waals surface area (Å²) in [5.41, 5.74) is 0.518. The van der Waals surface area contributed by atoms with Gasteiger partial charge >= 0.3 is 0 Å². The number of ether oxygens (including phenoxy) is 2. The number of likely N-dealkylation sites (tertiary alicyclic amines) is 2. The molecule has 1 aromatic rings. The van der Waals surface area contributed by atoms with Crippen LogP contribution in [-0.2, 0) is 0 Å². The molecule has 3 rings (SSSR count). The molecule has 6 nitrogen and oxygen atoms in total. The van der Waals surface area contributed by atoms with Crippen LogP contribution in [0.25, 0.3) is 0 Å². The van der Waals surface area contributed by atoms with Crippen molar-refractivity contribution >= 4 is 5.91 Å². The van der Waals surface area contributed by atoms with Crippen LogP contribution in [0.5, 0.6) is 11.5 Å². The van der Waals surface area contributed by atoms with Crippen LogP contribution < -0.4 is 9.47 Å². The number of rotatable bonds is 6. The molecule has 2 aliphatic heterocycles. The number of aliphatic hydroxyl groups is 1. The summed E-state index contributed by atoms with van der Waals surface area (Å²) < 4.78 is 10.8. The zero-order chi connectivity index (χ0) is 19.2. The third kappa shape index (κ3) is 4.55. The van der Waals surface area contributed by atoms with E-state index in [-0.39, 0.29) is 18.4 Å². The van der Waals surface area contributed by atoms with Crippen LogP contribution in [-0.4, -0.2) is 74.4 Å². The molecule has 0 spiro atoms. The van der Waals surface area contributed by atoms with Gasteiger partial charge in [-0.3, -0.25) is 4.79 Å². The number of hydrogen-bond acceptors (Lipinski definition) is 5. The van der Waals surface area contributed by atoms with Crippen LogP contribution >= 0.6 is 0 Å². The summed E-state index contributed by atoms with van der Waals surface area (Å²) in [7, 11) is 3.12. The van der Waals surface area contributed by atoms with E-state index in [0.29, 0.717) is 36.1 Å². The minimum atomic E-state index is -0.0532. The van der Waals surface area contributed by atoms with Crippen molar-refractivity contribution in [3.63, 3.8) is 0 Å². The molecule has 0 radical (unpaired) electrons. The van der Waals surface area contributed by atoms with Gasteiger partial charge in [-0.15, -0.1) is 0 Å². The molecule has 1 amide bonds. The van der Waals surface area contributed by atoms with Crippen molar-refractivity contribution in [2.24, 2.45) is 11.8 Å². The van der Waals surface area contributed by atoms with Crippen molar-refractivity contribution in [3.05, 3.63) is 23.8 Å². The van der Waals surface area contributed by atoms with E-state index >= 15 is 0 Å². The molecule has 6 heteroatoms. The van der Waals surface area contributed by atoms with Crippen molar-refractivity contribution in [3.8, 4) is 11.5 Å². The van der Waals surface area contributed by atoms with E-state index in [0.717, 1.165) is 19.6 Å². The highest BCUT2D eigenvalue weighted by molar-refractivity contribution is 5.98. The standard InChI is InChI=1S/C21H32N2O4/c1-26-19-9-7-8-18(20(19)27-2)21(25)23-13-16(17(14-23)15-24)12-22-10-5-3-4-6-11-22/h7-9,16-17,24H,3-6,10-15H2,1-2H3/t16-,17-/m1/s1. The highest BCUT2D eigenvalue weighted by Crippen LogP contribution is 2.33. The number of methoxy groups -OCH3 is 2. The Hall–Kier alpha value is -1.79. The molecular formula is C21H32N2O4. The number of benzene rings is 1. The summed E-state index contributed by atoms with van der Waals surface area (Å²) in [4.78, 5) is 17.5. The Kier molecular flexibility index (Phi) is 6.96. The highest BCUT2D eigenvalue weighted by atomic mass is 16.5. The smallest absolute Gasteiger partial charge is 0.257 e. The fraction of sp³-hybridized carbons (Fsp3) is 0.667. The van der Waals surface area contributed by atoms with Crippen LogP contribution in [0.4, 0.5) is 0 Å². The molecule has 2 saturated heterocycles. The van der Waals surface area contributed by atoms with Crippen LogP contribution in [0.2, 0.25) is 0 Å². The number of carbonyl (C=O) groups excluding carboxylic acids is 1. The second-order valence-corrected chi connectivity index (χ2v) is 7.67. The summed E-state index contributed by atoms with van der Waals surface area (Å²) >= 11 is 0. The summed E-state index contributed by atoms with van der Waals surface area (Å²) in [6.45, 7) is 4.62. The van der Waals surface area contributed by atoms with Crippen LogP contribution in [0.15, 0.2) is 18.2 Å². The van der Waals surface area contributed by atoms with E-state index < -0.39 is 0 Å². The number of para-hydroxylation sites is 1. The molecule has 150 valence electrons. The van der Waals surface area contributed by atoms with Gasteiger partial charge in [-0.2, -0.15) is 0 Å². The van der Waals surface area contributed by atoms with Crippen molar-refractivity contribution in [1.29, 1.82) is 0 Å². The van der Waals surface area contributed by atoms with Crippen molar-refractivity contribution < 1.29 is 19.4 Å². The lowest BCUT2D eigenvalue weighted by molar-refractivity contribution is 0.0775. The largest absolute Gasteiger partial charge is 0.493 e. The van der Waals surface area contributed by atoms with E-state index in [4.69, 9.17) is 9.47 Å². The second kappa shape index (κ2) is 9.42. The molecule has 2 heterocycles. The summed E-state index contributed by atoms with van der Waals surface area (Å²) in [5.74, 6) is 1.42. The summed E-state index contributed by atoms with van der Waals surface area (Å²) in [5, 5.41) is 9.87. The van der Waals surface area contributed by atoms with Crippen molar-refractivity contribution in [2.45, 2.75) is 25.7 Å². The van der Waals surface area contributed by atoms with E-state index in [2.05, 4.69) is 4.90 Å². The predicted molar refractivity (Wildman–Crippen MR) is 104 cm³/mol. The lowest BCUT2D eigenvalue weighted by Crippen LogP contribution is -2.35. The van der Waals surface area contributed by atoms with E-state index in [1.807, 2.05) is 11.0 Å². The molecule has 0 bridgehead atoms. The van der Waals surface area contributed by atoms with Gasteiger partial charge in [0.25, 0.3) is 5.91 Å². The Balaban J connectivity index is 1.71. The molecule has 2 aliphatic rings. The summed E-state index contributed by atoms with van der Waals surface area (Å²) in [6.07, 6.45) is 5.12. The normalized spacial score (nSPS) is 23.9. The van der Waals surface area contributed by atoms with Gasteiger partial charge in [0, 0.05) is 32.2 Å². The Morgan fingerprint density at radius 3 is 2.41 bits per heavy atom. The third-order valence-corrected chi connectivity index (χ3v) is 5.92. The maximum absolute atomic E-state index is 13.1. The Bertz CT molecular complexity index is 629. The number of carbonyl (C=O) groups is 1. The second-order valence-electron chi connectivity index (χ2n) is 7.67. The molecule has 0 aliphatic carbocycles. The number of amides is 1. The molecule has 2 atom stereocenters. The highest BCUT2D eigenvalue weighted by Gasteiger charge is 2.37. The topological polar surface area (TPSA) is 62.2 Å². The van der Waals surface area contributed by atoms with Crippen molar-refractivity contribution in [1.82, 2.24) is 9.80 Å². The van der Waals surface area contributed by atoms with Crippen LogP contribution in [0.3, 0.4) is 0 Å². The van der Waals surface area contributed by atoms with Gasteiger partial charge in [0.15, 0.2) is 11.5 Å². The maximum Gasteiger partial charge on any atom is 0.257 e. The first-order valence-electron chi connectivity index (χ1n) is 10.0. The zero-order valence-corrected chi connectivity index (χ0v) is 16.5. The minimum Gasteiger partial charge on any atom is -0.493 e. The van der Waals surface area contributed by atoms with Gasteiger partial charge in [-0.05, 0) is 44.0 Å². The number of aliphatic hydroxyl groups excluding tert-OH is 1. The third-order valence-electron chi connectivity index (χ3n) is 5.92. The van der Waals surface area contributed by atoms with Gasteiger partial charge < -0.3 is 24.4 Å². The fourth-order valence-electron chi connectivity index (χ4n) is 4.39. The zero-order valence-electron chi connectivity index (χ0n) is 16.5. The molecule has 1 N–H and O–H groups in total. The van der Waals surface area contributed by atoms with Crippen molar-refractivity contribution in [2.75, 3.05) is 53.6 Å². The Morgan fingerprint density at radius 1 is 1.07 bits per heavy atom. The van der Waals surface area contributed by atoms with E-state index in [1.54, 1.807) is 26.4 Å². The molecule has 1 aromatic carbocycles. The molecule has 27 heavy (non-hydrogen) atoms. The first kappa shape index (κ1) is 20.0. The lowest BCUT2D eigenvalue weighted by atomic mass is 9.96. The molecule has 0 saturated carbocycles. The molecular weight excluding hydrogens is 344 g/mol. The molecule has 2 fully saturated rings. The quantitative estimate of drug-likeness (QED) is 0.825. The van der Waals surface area contributed by atoms with Crippen LogP contribution in [0, 0.1) is 11.8 Å². The van der Waals surface area contributed by atoms with Gasteiger partial charge in [0.05, 0.1) is 19.8 Å². The maximum atomic E-state index is 13.1. The monoisotopic (exact) mass is 376 g/mol.